The Hall–Kier alpha value is -1.19. The van der Waals surface area contributed by atoms with Crippen molar-refractivity contribution in [3.05, 3.63) is 34.9 Å². The number of rotatable bonds is 4. The normalized spacial score (nSPS) is 23.8. The fraction of sp³-hybridized carbons (Fsp3) is 0.588. The Morgan fingerprint density at radius 1 is 1.40 bits per heavy atom. The van der Waals surface area contributed by atoms with Crippen LogP contribution in [0.25, 0.3) is 0 Å². The van der Waals surface area contributed by atoms with Gasteiger partial charge in [-0.2, -0.15) is 0 Å². The van der Waals surface area contributed by atoms with Crippen LogP contribution in [-0.4, -0.2) is 43.5 Å². The lowest BCUT2D eigenvalue weighted by Gasteiger charge is -2.35. The van der Waals surface area contributed by atoms with Crippen molar-refractivity contribution >= 4 is 5.78 Å². The number of Topliss-reactive ketones (excluding diaryl/α,β-unsaturated/α-hetero) is 1. The van der Waals surface area contributed by atoms with E-state index >= 15 is 0 Å². The van der Waals surface area contributed by atoms with E-state index in [0.717, 1.165) is 36.2 Å². The van der Waals surface area contributed by atoms with Gasteiger partial charge in [-0.1, -0.05) is 24.6 Å². The summed E-state index contributed by atoms with van der Waals surface area (Å²) >= 11 is 0. The fourth-order valence-electron chi connectivity index (χ4n) is 2.87. The highest BCUT2D eigenvalue weighted by atomic mass is 16.5. The van der Waals surface area contributed by atoms with Gasteiger partial charge in [0.15, 0.2) is 5.78 Å². The number of nitrogens with zero attached hydrogens (tertiary/aromatic N) is 1. The third-order valence-electron chi connectivity index (χ3n) is 4.34. The van der Waals surface area contributed by atoms with Crippen LogP contribution < -0.4 is 0 Å². The van der Waals surface area contributed by atoms with Crippen molar-refractivity contribution < 1.29 is 9.53 Å². The van der Waals surface area contributed by atoms with Gasteiger partial charge >= 0.3 is 0 Å². The first kappa shape index (κ1) is 15.2. The maximum Gasteiger partial charge on any atom is 0.177 e. The third kappa shape index (κ3) is 3.47. The summed E-state index contributed by atoms with van der Waals surface area (Å²) in [6.45, 7) is 8.59. The second-order valence-electron chi connectivity index (χ2n) is 6.02. The first-order valence-electron chi connectivity index (χ1n) is 7.37. The number of ether oxygens (including phenoxy) is 1. The molecule has 0 amide bonds. The third-order valence-corrected chi connectivity index (χ3v) is 4.34. The van der Waals surface area contributed by atoms with Crippen LogP contribution in [-0.2, 0) is 4.74 Å². The molecule has 3 heteroatoms. The Morgan fingerprint density at radius 2 is 2.15 bits per heavy atom. The quantitative estimate of drug-likeness (QED) is 0.791. The monoisotopic (exact) mass is 275 g/mol. The molecule has 0 radical (unpaired) electrons. The van der Waals surface area contributed by atoms with E-state index in [1.807, 2.05) is 26.0 Å². The van der Waals surface area contributed by atoms with Crippen LogP contribution in [0, 0.1) is 19.8 Å². The first-order chi connectivity index (χ1) is 9.51. The molecule has 20 heavy (non-hydrogen) atoms. The van der Waals surface area contributed by atoms with Gasteiger partial charge in [0.05, 0.1) is 12.6 Å². The van der Waals surface area contributed by atoms with Gasteiger partial charge in [0.25, 0.3) is 0 Å². The standard InChI is InChI=1S/C17H25NO2/c1-12-5-6-13(2)15(9-12)16(19)10-18-8-7-14(3)17(11-18)20-4/h5-6,9,14,17H,7-8,10-11H2,1-4H3. The Labute approximate surface area is 121 Å². The number of aryl methyl sites for hydroxylation is 2. The van der Waals surface area contributed by atoms with E-state index in [9.17, 15) is 4.79 Å². The maximum atomic E-state index is 12.5. The van der Waals surface area contributed by atoms with Gasteiger partial charge in [-0.05, 0) is 44.4 Å². The molecule has 1 aliphatic heterocycles. The second kappa shape index (κ2) is 6.51. The van der Waals surface area contributed by atoms with Crippen LogP contribution in [0.5, 0.6) is 0 Å². The maximum absolute atomic E-state index is 12.5. The summed E-state index contributed by atoms with van der Waals surface area (Å²) in [4.78, 5) is 14.7. The average molecular weight is 275 g/mol. The van der Waals surface area contributed by atoms with Crippen LogP contribution in [0.3, 0.4) is 0 Å². The fourth-order valence-corrected chi connectivity index (χ4v) is 2.87. The molecule has 2 rings (SSSR count). The number of methoxy groups -OCH3 is 1. The van der Waals surface area contributed by atoms with Crippen LogP contribution >= 0.6 is 0 Å². The van der Waals surface area contributed by atoms with Gasteiger partial charge in [0, 0.05) is 19.2 Å². The molecular weight excluding hydrogens is 250 g/mol. The summed E-state index contributed by atoms with van der Waals surface area (Å²) < 4.78 is 5.51. The van der Waals surface area contributed by atoms with E-state index in [-0.39, 0.29) is 11.9 Å². The lowest BCUT2D eigenvalue weighted by atomic mass is 9.95. The molecule has 2 atom stereocenters. The summed E-state index contributed by atoms with van der Waals surface area (Å²) in [6, 6.07) is 6.08. The van der Waals surface area contributed by atoms with Gasteiger partial charge in [-0.15, -0.1) is 0 Å². The van der Waals surface area contributed by atoms with Crippen molar-refractivity contribution in [1.29, 1.82) is 0 Å². The molecule has 0 aliphatic carbocycles. The molecule has 1 aromatic carbocycles. The molecule has 0 aromatic heterocycles. The highest BCUT2D eigenvalue weighted by Gasteiger charge is 2.27. The highest BCUT2D eigenvalue weighted by Crippen LogP contribution is 2.20. The van der Waals surface area contributed by atoms with Gasteiger partial charge in [0.2, 0.25) is 0 Å². The molecule has 2 unspecified atom stereocenters. The lowest BCUT2D eigenvalue weighted by molar-refractivity contribution is -0.00325. The zero-order valence-corrected chi connectivity index (χ0v) is 13.0. The average Bonchev–Trinajstić information content (AvgIpc) is 2.43. The van der Waals surface area contributed by atoms with Crippen LogP contribution in [0.4, 0.5) is 0 Å². The number of hydrogen-bond donors (Lipinski definition) is 0. The molecular formula is C17H25NO2. The number of hydrogen-bond acceptors (Lipinski definition) is 3. The van der Waals surface area contributed by atoms with E-state index in [1.165, 1.54) is 0 Å². The largest absolute Gasteiger partial charge is 0.380 e. The molecule has 1 aromatic rings. The second-order valence-corrected chi connectivity index (χ2v) is 6.02. The van der Waals surface area contributed by atoms with Crippen molar-refractivity contribution in [2.45, 2.75) is 33.3 Å². The van der Waals surface area contributed by atoms with E-state index in [1.54, 1.807) is 7.11 Å². The molecule has 1 fully saturated rings. The smallest absolute Gasteiger partial charge is 0.177 e. The molecule has 1 aliphatic rings. The van der Waals surface area contributed by atoms with Gasteiger partial charge in [0.1, 0.15) is 0 Å². The summed E-state index contributed by atoms with van der Waals surface area (Å²) in [7, 11) is 1.76. The van der Waals surface area contributed by atoms with Crippen molar-refractivity contribution in [2.24, 2.45) is 5.92 Å². The lowest BCUT2D eigenvalue weighted by Crippen LogP contribution is -2.45. The van der Waals surface area contributed by atoms with Crippen molar-refractivity contribution in [2.75, 3.05) is 26.7 Å². The SMILES string of the molecule is COC1CN(CC(=O)c2cc(C)ccc2C)CCC1C. The highest BCUT2D eigenvalue weighted by molar-refractivity contribution is 5.99. The van der Waals surface area contributed by atoms with Crippen molar-refractivity contribution in [3.8, 4) is 0 Å². The Balaban J connectivity index is 2.03. The van der Waals surface area contributed by atoms with Crippen LogP contribution in [0.15, 0.2) is 18.2 Å². The number of carbonyl (C=O) groups excluding carboxylic acids is 1. The predicted octanol–water partition coefficient (Wildman–Crippen LogP) is 2.84. The minimum Gasteiger partial charge on any atom is -0.380 e. The van der Waals surface area contributed by atoms with Crippen LogP contribution in [0.2, 0.25) is 0 Å². The molecule has 0 N–H and O–H groups in total. The minimum absolute atomic E-state index is 0.218. The summed E-state index contributed by atoms with van der Waals surface area (Å²) in [5.41, 5.74) is 3.06. The van der Waals surface area contributed by atoms with Crippen LogP contribution in [0.1, 0.15) is 34.8 Å². The van der Waals surface area contributed by atoms with E-state index in [0.29, 0.717) is 12.5 Å². The molecule has 0 bridgehead atoms. The number of carbonyl (C=O) groups is 1. The summed E-state index contributed by atoms with van der Waals surface area (Å²) in [6.07, 6.45) is 1.34. The zero-order valence-electron chi connectivity index (χ0n) is 13.0. The van der Waals surface area contributed by atoms with Gasteiger partial charge in [-0.25, -0.2) is 0 Å². The van der Waals surface area contributed by atoms with Crippen molar-refractivity contribution in [3.63, 3.8) is 0 Å². The van der Waals surface area contributed by atoms with E-state index in [2.05, 4.69) is 17.9 Å². The number of ketones is 1. The summed E-state index contributed by atoms with van der Waals surface area (Å²) in [5.74, 6) is 0.794. The van der Waals surface area contributed by atoms with E-state index in [4.69, 9.17) is 4.74 Å². The molecule has 0 saturated carbocycles. The van der Waals surface area contributed by atoms with Crippen molar-refractivity contribution in [1.82, 2.24) is 4.90 Å². The Kier molecular flexibility index (Phi) is 4.95. The predicted molar refractivity (Wildman–Crippen MR) is 81.3 cm³/mol. The Bertz CT molecular complexity index is 484. The molecule has 1 saturated heterocycles. The molecule has 1 heterocycles. The molecule has 3 nitrogen and oxygen atoms in total. The van der Waals surface area contributed by atoms with E-state index < -0.39 is 0 Å². The first-order valence-corrected chi connectivity index (χ1v) is 7.37. The minimum atomic E-state index is 0.218. The van der Waals surface area contributed by atoms with Gasteiger partial charge < -0.3 is 4.74 Å². The molecule has 110 valence electrons. The molecule has 0 spiro atoms. The zero-order chi connectivity index (χ0) is 14.7. The summed E-state index contributed by atoms with van der Waals surface area (Å²) in [5, 5.41) is 0. The Morgan fingerprint density at radius 3 is 2.85 bits per heavy atom. The number of likely N-dealkylation sites (tertiary alicyclic amines) is 1. The number of piperidine rings is 1. The number of benzene rings is 1. The van der Waals surface area contributed by atoms with Gasteiger partial charge in [-0.3, -0.25) is 9.69 Å². The topological polar surface area (TPSA) is 29.5 Å².